The fourth-order valence-electron chi connectivity index (χ4n) is 2.36. The minimum absolute atomic E-state index is 0.130. The highest BCUT2D eigenvalue weighted by molar-refractivity contribution is 9.10. The second-order valence-corrected chi connectivity index (χ2v) is 7.56. The molecule has 0 radical (unpaired) electrons. The number of benzene rings is 2. The van der Waals surface area contributed by atoms with Crippen molar-refractivity contribution >= 4 is 44.8 Å². The fourth-order valence-corrected chi connectivity index (χ4v) is 3.43. The van der Waals surface area contributed by atoms with Crippen LogP contribution >= 0.6 is 27.7 Å². The molecular formula is C19H17BrN2O3S. The summed E-state index contributed by atoms with van der Waals surface area (Å²) in [6.07, 6.45) is 1.73. The van der Waals surface area contributed by atoms with E-state index in [0.29, 0.717) is 23.9 Å². The Bertz CT molecular complexity index is 883. The van der Waals surface area contributed by atoms with E-state index in [2.05, 4.69) is 21.2 Å². The predicted molar refractivity (Wildman–Crippen MR) is 108 cm³/mol. The molecule has 7 heteroatoms. The van der Waals surface area contributed by atoms with Crippen molar-refractivity contribution in [3.05, 3.63) is 63.0 Å². The Balaban J connectivity index is 1.65. The van der Waals surface area contributed by atoms with Crippen LogP contribution in [-0.4, -0.2) is 24.3 Å². The number of hydrogen-bond acceptors (Lipinski definition) is 5. The maximum absolute atomic E-state index is 11.8. The number of thioether (sulfide) groups is 1. The normalized spacial score (nSPS) is 15.2. The van der Waals surface area contributed by atoms with Gasteiger partial charge in [-0.25, -0.2) is 0 Å². The third kappa shape index (κ3) is 4.89. The van der Waals surface area contributed by atoms with E-state index >= 15 is 0 Å². The summed E-state index contributed by atoms with van der Waals surface area (Å²) in [5.74, 6) is 1.19. The summed E-state index contributed by atoms with van der Waals surface area (Å²) in [7, 11) is 0. The van der Waals surface area contributed by atoms with Crippen LogP contribution in [0, 0.1) is 12.3 Å². The molecule has 1 fully saturated rings. The molecule has 1 aliphatic rings. The third-order valence-electron chi connectivity index (χ3n) is 3.52. The number of hydrogen-bond donors (Lipinski definition) is 2. The average Bonchev–Trinajstić information content (AvgIpc) is 2.90. The van der Waals surface area contributed by atoms with Gasteiger partial charge in [-0.2, -0.15) is 0 Å². The molecular weight excluding hydrogens is 416 g/mol. The monoisotopic (exact) mass is 432 g/mol. The highest BCUT2D eigenvalue weighted by Gasteiger charge is 2.22. The lowest BCUT2D eigenvalue weighted by molar-refractivity contribution is -0.115. The van der Waals surface area contributed by atoms with Crippen molar-refractivity contribution < 1.29 is 14.3 Å². The first-order valence-corrected chi connectivity index (χ1v) is 9.53. The molecule has 0 spiro atoms. The zero-order valence-corrected chi connectivity index (χ0v) is 16.4. The largest absolute Gasteiger partial charge is 0.490 e. The van der Waals surface area contributed by atoms with Crippen LogP contribution in [-0.2, 0) is 4.79 Å². The van der Waals surface area contributed by atoms with Crippen LogP contribution in [0.1, 0.15) is 11.1 Å². The number of carbonyl (C=O) groups is 1. The molecule has 1 aliphatic heterocycles. The lowest BCUT2D eigenvalue weighted by Crippen LogP contribution is -2.18. The Morgan fingerprint density at radius 2 is 2.00 bits per heavy atom. The van der Waals surface area contributed by atoms with Crippen molar-refractivity contribution in [1.82, 2.24) is 5.32 Å². The molecule has 1 saturated heterocycles. The van der Waals surface area contributed by atoms with Crippen molar-refractivity contribution in [2.45, 2.75) is 6.92 Å². The molecule has 0 unspecified atom stereocenters. The molecule has 0 saturated carbocycles. The molecule has 3 rings (SSSR count). The fraction of sp³-hybridized carbons (Fsp3) is 0.158. The first-order valence-electron chi connectivity index (χ1n) is 7.92. The van der Waals surface area contributed by atoms with Gasteiger partial charge < -0.3 is 14.8 Å². The van der Waals surface area contributed by atoms with Gasteiger partial charge in [-0.15, -0.1) is 0 Å². The van der Waals surface area contributed by atoms with Crippen molar-refractivity contribution in [1.29, 1.82) is 5.41 Å². The molecule has 0 aliphatic carbocycles. The number of halogens is 1. The van der Waals surface area contributed by atoms with E-state index in [1.54, 1.807) is 6.08 Å². The Labute approximate surface area is 164 Å². The van der Waals surface area contributed by atoms with Gasteiger partial charge >= 0.3 is 0 Å². The lowest BCUT2D eigenvalue weighted by atomic mass is 10.2. The molecule has 2 aromatic carbocycles. The summed E-state index contributed by atoms with van der Waals surface area (Å²) in [6, 6.07) is 13.4. The zero-order valence-electron chi connectivity index (χ0n) is 14.0. The SMILES string of the molecule is Cc1cccc(OCCOc2ccc(Br)cc2C=C2SC(=N)NC2=O)c1. The number of aryl methyl sites for hydroxylation is 1. The van der Waals surface area contributed by atoms with Gasteiger partial charge in [0.1, 0.15) is 24.7 Å². The van der Waals surface area contributed by atoms with E-state index in [4.69, 9.17) is 14.9 Å². The van der Waals surface area contributed by atoms with Crippen LogP contribution in [0.15, 0.2) is 51.8 Å². The quantitative estimate of drug-likeness (QED) is 0.525. The lowest BCUT2D eigenvalue weighted by Gasteiger charge is -2.11. The van der Waals surface area contributed by atoms with Gasteiger partial charge in [0.05, 0.1) is 4.91 Å². The number of nitrogens with one attached hydrogen (secondary N) is 2. The molecule has 0 bridgehead atoms. The highest BCUT2D eigenvalue weighted by Crippen LogP contribution is 2.30. The number of amidine groups is 1. The van der Waals surface area contributed by atoms with E-state index in [1.807, 2.05) is 49.4 Å². The van der Waals surface area contributed by atoms with Crippen LogP contribution in [0.4, 0.5) is 0 Å². The third-order valence-corrected chi connectivity index (χ3v) is 4.84. The van der Waals surface area contributed by atoms with Crippen molar-refractivity contribution in [2.24, 2.45) is 0 Å². The number of ether oxygens (including phenoxy) is 2. The maximum atomic E-state index is 11.8. The summed E-state index contributed by atoms with van der Waals surface area (Å²) in [4.78, 5) is 12.3. The standard InChI is InChI=1S/C19H17BrN2O3S/c1-12-3-2-4-15(9-12)24-7-8-25-16-6-5-14(20)10-13(16)11-17-18(23)22-19(21)26-17/h2-6,9-11H,7-8H2,1H3,(H2,21,22,23). The predicted octanol–water partition coefficient (Wildman–Crippen LogP) is 4.35. The Morgan fingerprint density at radius 1 is 1.19 bits per heavy atom. The van der Waals surface area contributed by atoms with E-state index in [1.165, 1.54) is 0 Å². The molecule has 134 valence electrons. The Hall–Kier alpha value is -2.25. The number of amides is 1. The van der Waals surface area contributed by atoms with Crippen molar-refractivity contribution in [3.8, 4) is 11.5 Å². The van der Waals surface area contributed by atoms with Gasteiger partial charge in [0, 0.05) is 10.0 Å². The van der Waals surface area contributed by atoms with Gasteiger partial charge in [-0.1, -0.05) is 28.1 Å². The summed E-state index contributed by atoms with van der Waals surface area (Å²) in [6.45, 7) is 2.80. The first kappa shape index (κ1) is 18.5. The second-order valence-electron chi connectivity index (χ2n) is 5.59. The van der Waals surface area contributed by atoms with Crippen LogP contribution in [0.5, 0.6) is 11.5 Å². The molecule has 1 amide bonds. The number of rotatable bonds is 6. The molecule has 0 atom stereocenters. The Morgan fingerprint density at radius 3 is 2.73 bits per heavy atom. The number of carbonyl (C=O) groups excluding carboxylic acids is 1. The van der Waals surface area contributed by atoms with Gasteiger partial charge in [0.2, 0.25) is 0 Å². The van der Waals surface area contributed by atoms with Crippen LogP contribution in [0.3, 0.4) is 0 Å². The second kappa shape index (κ2) is 8.42. The van der Waals surface area contributed by atoms with Crippen LogP contribution in [0.25, 0.3) is 6.08 Å². The van der Waals surface area contributed by atoms with E-state index in [9.17, 15) is 4.79 Å². The topological polar surface area (TPSA) is 71.4 Å². The van der Waals surface area contributed by atoms with Crippen LogP contribution < -0.4 is 14.8 Å². The first-order chi connectivity index (χ1) is 12.5. The van der Waals surface area contributed by atoms with E-state index < -0.39 is 0 Å². The summed E-state index contributed by atoms with van der Waals surface area (Å²) < 4.78 is 12.4. The van der Waals surface area contributed by atoms with Gasteiger partial charge in [0.25, 0.3) is 5.91 Å². The summed E-state index contributed by atoms with van der Waals surface area (Å²) in [5.41, 5.74) is 1.91. The van der Waals surface area contributed by atoms with Crippen molar-refractivity contribution in [2.75, 3.05) is 13.2 Å². The van der Waals surface area contributed by atoms with E-state index in [-0.39, 0.29) is 11.1 Å². The molecule has 2 aromatic rings. The summed E-state index contributed by atoms with van der Waals surface area (Å²) >= 11 is 4.53. The molecule has 1 heterocycles. The smallest absolute Gasteiger partial charge is 0.264 e. The molecule has 5 nitrogen and oxygen atoms in total. The van der Waals surface area contributed by atoms with Crippen molar-refractivity contribution in [3.63, 3.8) is 0 Å². The molecule has 26 heavy (non-hydrogen) atoms. The van der Waals surface area contributed by atoms with Gasteiger partial charge in [0.15, 0.2) is 5.17 Å². The summed E-state index contributed by atoms with van der Waals surface area (Å²) in [5, 5.41) is 10.1. The van der Waals surface area contributed by atoms with Crippen LogP contribution in [0.2, 0.25) is 0 Å². The van der Waals surface area contributed by atoms with Gasteiger partial charge in [-0.05, 0) is 60.7 Å². The Kier molecular flexibility index (Phi) is 6.00. The minimum Gasteiger partial charge on any atom is -0.490 e. The molecule has 2 N–H and O–H groups in total. The maximum Gasteiger partial charge on any atom is 0.264 e. The van der Waals surface area contributed by atoms with E-state index in [0.717, 1.165) is 33.1 Å². The average molecular weight is 433 g/mol. The highest BCUT2D eigenvalue weighted by atomic mass is 79.9. The minimum atomic E-state index is -0.270. The molecule has 0 aromatic heterocycles. The zero-order chi connectivity index (χ0) is 18.5. The van der Waals surface area contributed by atoms with Gasteiger partial charge in [-0.3, -0.25) is 10.2 Å².